The van der Waals surface area contributed by atoms with E-state index in [1.54, 1.807) is 17.9 Å². The van der Waals surface area contributed by atoms with Crippen LogP contribution in [0.3, 0.4) is 0 Å². The minimum atomic E-state index is -0.469. The number of carbonyl (C=O) groups is 1. The van der Waals surface area contributed by atoms with Crippen molar-refractivity contribution in [3.05, 3.63) is 54.0 Å². The van der Waals surface area contributed by atoms with E-state index >= 15 is 0 Å². The molecule has 8 heteroatoms. The Hall–Kier alpha value is -2.97. The summed E-state index contributed by atoms with van der Waals surface area (Å²) in [5, 5.41) is 13.6. The number of piperidine rings is 1. The Morgan fingerprint density at radius 1 is 1.20 bits per heavy atom. The quantitative estimate of drug-likeness (QED) is 0.409. The van der Waals surface area contributed by atoms with Crippen LogP contribution < -0.4 is 15.7 Å². The molecule has 3 aromatic rings. The van der Waals surface area contributed by atoms with Gasteiger partial charge in [0.1, 0.15) is 0 Å². The summed E-state index contributed by atoms with van der Waals surface area (Å²) in [6, 6.07) is 8.52. The Morgan fingerprint density at radius 3 is 2.67 bits per heavy atom. The van der Waals surface area contributed by atoms with Crippen LogP contribution in [0.5, 0.6) is 0 Å². The van der Waals surface area contributed by atoms with Crippen molar-refractivity contribution in [2.45, 2.75) is 25.8 Å². The number of rotatable bonds is 7. The number of fused-ring (bicyclic) bond motifs is 1. The fourth-order valence-corrected chi connectivity index (χ4v) is 4.14. The maximum Gasteiger partial charge on any atom is 0.247 e. The molecule has 0 aliphatic carbocycles. The first-order chi connectivity index (χ1) is 14.6. The van der Waals surface area contributed by atoms with Gasteiger partial charge in [-0.3, -0.25) is 10.0 Å². The lowest BCUT2D eigenvalue weighted by Gasteiger charge is -2.32. The zero-order valence-electron chi connectivity index (χ0n) is 17.2. The summed E-state index contributed by atoms with van der Waals surface area (Å²) in [5.41, 5.74) is 4.91. The highest BCUT2D eigenvalue weighted by Gasteiger charge is 2.21. The molecule has 158 valence electrons. The number of para-hydroxylation sites is 1. The van der Waals surface area contributed by atoms with Gasteiger partial charge < -0.3 is 14.8 Å². The molecular weight excluding hydrogens is 380 g/mol. The van der Waals surface area contributed by atoms with E-state index in [0.717, 1.165) is 39.0 Å². The number of nitrogens with one attached hydrogen (secondary N) is 2. The van der Waals surface area contributed by atoms with E-state index in [4.69, 9.17) is 5.21 Å². The molecule has 3 N–H and O–H groups in total. The zero-order valence-corrected chi connectivity index (χ0v) is 17.2. The zero-order chi connectivity index (χ0) is 20.9. The predicted octanol–water partition coefficient (Wildman–Crippen LogP) is 2.02. The molecule has 0 spiro atoms. The number of anilines is 1. The summed E-state index contributed by atoms with van der Waals surface area (Å²) >= 11 is 0. The van der Waals surface area contributed by atoms with Gasteiger partial charge in [0, 0.05) is 56.2 Å². The van der Waals surface area contributed by atoms with Crippen molar-refractivity contribution < 1.29 is 10.0 Å². The molecule has 4 rings (SSSR count). The van der Waals surface area contributed by atoms with Crippen LogP contribution in [-0.4, -0.2) is 45.3 Å². The molecular formula is C22H28N6O2. The molecule has 30 heavy (non-hydrogen) atoms. The van der Waals surface area contributed by atoms with Crippen molar-refractivity contribution in [3.8, 4) is 0 Å². The highest BCUT2D eigenvalue weighted by molar-refractivity contribution is 5.83. The number of aromatic nitrogens is 3. The summed E-state index contributed by atoms with van der Waals surface area (Å²) in [6.45, 7) is 3.74. The number of hydroxylamine groups is 1. The second-order valence-corrected chi connectivity index (χ2v) is 7.95. The van der Waals surface area contributed by atoms with Crippen molar-refractivity contribution in [2.24, 2.45) is 13.0 Å². The first-order valence-corrected chi connectivity index (χ1v) is 10.4. The van der Waals surface area contributed by atoms with E-state index in [2.05, 4.69) is 62.3 Å². The Kier molecular flexibility index (Phi) is 6.25. The van der Waals surface area contributed by atoms with Gasteiger partial charge in [-0.05, 0) is 42.5 Å². The van der Waals surface area contributed by atoms with Crippen molar-refractivity contribution in [1.29, 1.82) is 0 Å². The topological polar surface area (TPSA) is 95.3 Å². The van der Waals surface area contributed by atoms with Gasteiger partial charge in [-0.15, -0.1) is 0 Å². The third kappa shape index (κ3) is 4.60. The Balaban J connectivity index is 1.24. The number of aryl methyl sites for hydroxylation is 1. The Bertz CT molecular complexity index is 993. The minimum Gasteiger partial charge on any atom is -0.350 e. The molecule has 1 saturated heterocycles. The Labute approximate surface area is 175 Å². The highest BCUT2D eigenvalue weighted by atomic mass is 16.5. The molecule has 1 fully saturated rings. The highest BCUT2D eigenvalue weighted by Crippen LogP contribution is 2.22. The normalized spacial score (nSPS) is 14.9. The van der Waals surface area contributed by atoms with Gasteiger partial charge in [0.15, 0.2) is 0 Å². The fourth-order valence-electron chi connectivity index (χ4n) is 4.14. The lowest BCUT2D eigenvalue weighted by atomic mass is 9.97. The largest absolute Gasteiger partial charge is 0.350 e. The second-order valence-electron chi connectivity index (χ2n) is 7.95. The number of hydrogen-bond acceptors (Lipinski definition) is 6. The molecule has 1 aliphatic rings. The van der Waals surface area contributed by atoms with Crippen LogP contribution in [-0.2, 0) is 24.8 Å². The molecule has 1 aliphatic heterocycles. The van der Waals surface area contributed by atoms with Crippen LogP contribution in [0.1, 0.15) is 24.0 Å². The average Bonchev–Trinajstić information content (AvgIpc) is 3.10. The fraction of sp³-hybridized carbons (Fsp3) is 0.409. The number of nitrogens with zero attached hydrogens (tertiary/aromatic N) is 4. The van der Waals surface area contributed by atoms with Crippen LogP contribution in [0, 0.1) is 5.92 Å². The molecule has 0 bridgehead atoms. The first-order valence-electron chi connectivity index (χ1n) is 10.4. The molecule has 3 heterocycles. The maximum absolute atomic E-state index is 11.2. The van der Waals surface area contributed by atoms with Crippen molar-refractivity contribution in [3.63, 3.8) is 0 Å². The average molecular weight is 409 g/mol. The summed E-state index contributed by atoms with van der Waals surface area (Å²) in [5.74, 6) is 0.872. The van der Waals surface area contributed by atoms with Crippen LogP contribution >= 0.6 is 0 Å². The Morgan fingerprint density at radius 2 is 1.93 bits per heavy atom. The third-order valence-corrected chi connectivity index (χ3v) is 5.81. The molecule has 0 unspecified atom stereocenters. The number of carbonyl (C=O) groups excluding carboxylic acids is 1. The van der Waals surface area contributed by atoms with Gasteiger partial charge in [-0.2, -0.15) is 0 Å². The smallest absolute Gasteiger partial charge is 0.247 e. The third-order valence-electron chi connectivity index (χ3n) is 5.81. The molecule has 1 aromatic carbocycles. The monoisotopic (exact) mass is 408 g/mol. The molecule has 8 nitrogen and oxygen atoms in total. The van der Waals surface area contributed by atoms with E-state index < -0.39 is 5.91 Å². The van der Waals surface area contributed by atoms with E-state index in [1.807, 2.05) is 0 Å². The van der Waals surface area contributed by atoms with Crippen LogP contribution in [0.25, 0.3) is 10.9 Å². The number of hydrogen-bond donors (Lipinski definition) is 3. The van der Waals surface area contributed by atoms with Crippen LogP contribution in [0.2, 0.25) is 0 Å². The predicted molar refractivity (Wildman–Crippen MR) is 115 cm³/mol. The standard InChI is InChI=1S/C22H28N6O2/c1-27-15-18(19-4-2-3-5-20(19)27)14-23-11-16-6-8-28(9-7-16)22-24-12-17(13-25-22)10-21(29)26-30/h2-5,12-13,15-16,23,30H,6-11,14H2,1H3,(H,26,29). The summed E-state index contributed by atoms with van der Waals surface area (Å²) < 4.78 is 2.19. The van der Waals surface area contributed by atoms with Gasteiger partial charge in [-0.1, -0.05) is 18.2 Å². The molecule has 0 saturated carbocycles. The van der Waals surface area contributed by atoms with E-state index in [1.165, 1.54) is 16.5 Å². The summed E-state index contributed by atoms with van der Waals surface area (Å²) in [6.07, 6.45) is 7.78. The molecule has 2 aromatic heterocycles. The molecule has 1 amide bonds. The molecule has 0 atom stereocenters. The molecule has 0 radical (unpaired) electrons. The van der Waals surface area contributed by atoms with Crippen LogP contribution in [0.15, 0.2) is 42.9 Å². The van der Waals surface area contributed by atoms with Crippen molar-refractivity contribution >= 4 is 22.8 Å². The van der Waals surface area contributed by atoms with Crippen molar-refractivity contribution in [2.75, 3.05) is 24.5 Å². The van der Waals surface area contributed by atoms with Gasteiger partial charge in [0.25, 0.3) is 0 Å². The first kappa shape index (κ1) is 20.3. The lowest BCUT2D eigenvalue weighted by Crippen LogP contribution is -2.38. The summed E-state index contributed by atoms with van der Waals surface area (Å²) in [7, 11) is 2.09. The van der Waals surface area contributed by atoms with Crippen LogP contribution in [0.4, 0.5) is 5.95 Å². The van der Waals surface area contributed by atoms with E-state index in [9.17, 15) is 4.79 Å². The van der Waals surface area contributed by atoms with Gasteiger partial charge in [-0.25, -0.2) is 15.4 Å². The van der Waals surface area contributed by atoms with Gasteiger partial charge >= 0.3 is 0 Å². The SMILES string of the molecule is Cn1cc(CNCC2CCN(c3ncc(CC(=O)NO)cn3)CC2)c2ccccc21. The van der Waals surface area contributed by atoms with Gasteiger partial charge in [0.05, 0.1) is 6.42 Å². The lowest BCUT2D eigenvalue weighted by molar-refractivity contribution is -0.128. The maximum atomic E-state index is 11.2. The number of amides is 1. The minimum absolute atomic E-state index is 0.0707. The second kappa shape index (κ2) is 9.23. The summed E-state index contributed by atoms with van der Waals surface area (Å²) in [4.78, 5) is 22.2. The van der Waals surface area contributed by atoms with E-state index in [-0.39, 0.29) is 6.42 Å². The number of benzene rings is 1. The van der Waals surface area contributed by atoms with E-state index in [0.29, 0.717) is 17.4 Å². The van der Waals surface area contributed by atoms with Crippen molar-refractivity contribution in [1.82, 2.24) is 25.3 Å². The van der Waals surface area contributed by atoms with Gasteiger partial charge in [0.2, 0.25) is 11.9 Å².